The maximum absolute atomic E-state index is 13.1. The molecule has 1 amide bonds. The van der Waals surface area contributed by atoms with E-state index >= 15 is 0 Å². The molecular formula is C15H18FNO4. The van der Waals surface area contributed by atoms with Gasteiger partial charge in [0.1, 0.15) is 11.9 Å². The summed E-state index contributed by atoms with van der Waals surface area (Å²) in [4.78, 5) is 23.5. The average molecular weight is 295 g/mol. The number of carboxylic acid groups (broad SMARTS) is 1. The summed E-state index contributed by atoms with van der Waals surface area (Å²) in [5, 5.41) is 20.3. The lowest BCUT2D eigenvalue weighted by atomic mass is 9.78. The number of nitrogens with one attached hydrogen (secondary N) is 1. The van der Waals surface area contributed by atoms with Crippen LogP contribution in [0.2, 0.25) is 0 Å². The second-order valence-corrected chi connectivity index (χ2v) is 5.34. The number of carbonyl (C=O) groups is 2. The molecule has 114 valence electrons. The Labute approximate surface area is 121 Å². The molecule has 1 atom stereocenters. The largest absolute Gasteiger partial charge is 0.480 e. The van der Waals surface area contributed by atoms with Gasteiger partial charge in [0.25, 0.3) is 0 Å². The van der Waals surface area contributed by atoms with E-state index in [1.54, 1.807) is 12.1 Å². The summed E-state index contributed by atoms with van der Waals surface area (Å²) in [5.41, 5.74) is -0.155. The number of rotatable bonds is 5. The molecule has 1 aliphatic carbocycles. The van der Waals surface area contributed by atoms with Crippen molar-refractivity contribution < 1.29 is 24.2 Å². The van der Waals surface area contributed by atoms with Crippen molar-refractivity contribution in [3.05, 3.63) is 35.6 Å². The van der Waals surface area contributed by atoms with Crippen molar-refractivity contribution in [1.82, 2.24) is 5.32 Å². The second-order valence-electron chi connectivity index (χ2n) is 5.34. The molecule has 0 bridgehead atoms. The first-order valence-corrected chi connectivity index (χ1v) is 6.90. The minimum Gasteiger partial charge on any atom is -0.480 e. The topological polar surface area (TPSA) is 86.6 Å². The van der Waals surface area contributed by atoms with Crippen LogP contribution in [-0.4, -0.2) is 34.7 Å². The highest BCUT2D eigenvalue weighted by Gasteiger charge is 2.43. The zero-order chi connectivity index (χ0) is 15.5. The van der Waals surface area contributed by atoms with Crippen LogP contribution in [0, 0.1) is 5.82 Å². The van der Waals surface area contributed by atoms with Crippen molar-refractivity contribution in [3.63, 3.8) is 0 Å². The number of carbonyl (C=O) groups excluding carboxylic acids is 1. The highest BCUT2D eigenvalue weighted by atomic mass is 19.1. The molecule has 0 spiro atoms. The molecule has 6 heteroatoms. The summed E-state index contributed by atoms with van der Waals surface area (Å²) < 4.78 is 13.1. The van der Waals surface area contributed by atoms with Crippen LogP contribution in [0.4, 0.5) is 4.39 Å². The molecule has 0 aliphatic heterocycles. The third-order valence-corrected chi connectivity index (χ3v) is 4.07. The SMILES string of the molecule is O=C(O)C(CO)NC(=O)C1(c2ccc(F)cc2)CCCC1. The van der Waals surface area contributed by atoms with Crippen LogP contribution >= 0.6 is 0 Å². The molecule has 1 aromatic rings. The number of aliphatic hydroxyl groups excluding tert-OH is 1. The predicted octanol–water partition coefficient (Wildman–Crippen LogP) is 1.20. The molecule has 0 radical (unpaired) electrons. The Morgan fingerprint density at radius 3 is 2.29 bits per heavy atom. The molecule has 0 heterocycles. The zero-order valence-corrected chi connectivity index (χ0v) is 11.5. The molecule has 1 fully saturated rings. The minimum atomic E-state index is -1.32. The van der Waals surface area contributed by atoms with Gasteiger partial charge in [0.2, 0.25) is 5.91 Å². The standard InChI is InChI=1S/C15H18FNO4/c16-11-5-3-10(4-6-11)15(7-1-2-8-15)14(21)17-12(9-18)13(19)20/h3-6,12,18H,1-2,7-9H2,(H,17,21)(H,19,20). The van der Waals surface area contributed by atoms with Gasteiger partial charge in [-0.25, -0.2) is 9.18 Å². The minimum absolute atomic E-state index is 0.383. The molecule has 0 saturated heterocycles. The molecule has 5 nitrogen and oxygen atoms in total. The van der Waals surface area contributed by atoms with Gasteiger partial charge in [-0.05, 0) is 30.5 Å². The molecular weight excluding hydrogens is 277 g/mol. The molecule has 3 N–H and O–H groups in total. The van der Waals surface area contributed by atoms with Gasteiger partial charge >= 0.3 is 5.97 Å². The molecule has 21 heavy (non-hydrogen) atoms. The van der Waals surface area contributed by atoms with Gasteiger partial charge in [0, 0.05) is 0 Å². The molecule has 1 unspecified atom stereocenters. The number of halogens is 1. The van der Waals surface area contributed by atoms with E-state index in [9.17, 15) is 14.0 Å². The van der Waals surface area contributed by atoms with E-state index in [-0.39, 0.29) is 5.82 Å². The predicted molar refractivity (Wildman–Crippen MR) is 73.2 cm³/mol. The number of hydrogen-bond donors (Lipinski definition) is 3. The van der Waals surface area contributed by atoms with E-state index in [1.807, 2.05) is 0 Å². The maximum atomic E-state index is 13.1. The van der Waals surface area contributed by atoms with E-state index in [1.165, 1.54) is 12.1 Å². The third kappa shape index (κ3) is 3.05. The number of aliphatic carboxylic acids is 1. The first kappa shape index (κ1) is 15.4. The lowest BCUT2D eigenvalue weighted by Gasteiger charge is -2.29. The average Bonchev–Trinajstić information content (AvgIpc) is 2.95. The Morgan fingerprint density at radius 1 is 1.24 bits per heavy atom. The van der Waals surface area contributed by atoms with Gasteiger partial charge in [0.15, 0.2) is 0 Å². The smallest absolute Gasteiger partial charge is 0.328 e. The first-order chi connectivity index (χ1) is 9.99. The highest BCUT2D eigenvalue weighted by Crippen LogP contribution is 2.41. The Morgan fingerprint density at radius 2 is 1.81 bits per heavy atom. The van der Waals surface area contributed by atoms with Crippen molar-refractivity contribution in [2.45, 2.75) is 37.1 Å². The molecule has 2 rings (SSSR count). The number of benzene rings is 1. The van der Waals surface area contributed by atoms with Crippen molar-refractivity contribution in [3.8, 4) is 0 Å². The summed E-state index contributed by atoms with van der Waals surface area (Å²) in [5.74, 6) is -2.09. The van der Waals surface area contributed by atoms with Gasteiger partial charge < -0.3 is 15.5 Å². The van der Waals surface area contributed by atoms with Crippen LogP contribution in [0.15, 0.2) is 24.3 Å². The summed E-state index contributed by atoms with van der Waals surface area (Å²) in [6.07, 6.45) is 2.87. The number of hydrogen-bond acceptors (Lipinski definition) is 3. The monoisotopic (exact) mass is 295 g/mol. The fourth-order valence-corrected chi connectivity index (χ4v) is 2.88. The van der Waals surface area contributed by atoms with Crippen molar-refractivity contribution >= 4 is 11.9 Å². The molecule has 1 saturated carbocycles. The number of amides is 1. The van der Waals surface area contributed by atoms with Crippen LogP contribution in [0.5, 0.6) is 0 Å². The van der Waals surface area contributed by atoms with E-state index in [0.717, 1.165) is 12.8 Å². The van der Waals surface area contributed by atoms with E-state index < -0.39 is 29.9 Å². The summed E-state index contributed by atoms with van der Waals surface area (Å²) in [6, 6.07) is 4.40. The zero-order valence-electron chi connectivity index (χ0n) is 11.5. The third-order valence-electron chi connectivity index (χ3n) is 4.07. The van der Waals surface area contributed by atoms with Gasteiger partial charge in [-0.1, -0.05) is 25.0 Å². The van der Waals surface area contributed by atoms with E-state index in [0.29, 0.717) is 18.4 Å². The molecule has 1 aliphatic rings. The Balaban J connectivity index is 2.27. The van der Waals surface area contributed by atoms with Crippen LogP contribution in [0.25, 0.3) is 0 Å². The normalized spacial score (nSPS) is 18.2. The van der Waals surface area contributed by atoms with Crippen LogP contribution in [0.3, 0.4) is 0 Å². The van der Waals surface area contributed by atoms with Crippen molar-refractivity contribution in [1.29, 1.82) is 0 Å². The quantitative estimate of drug-likeness (QED) is 0.762. The van der Waals surface area contributed by atoms with Gasteiger partial charge in [-0.15, -0.1) is 0 Å². The van der Waals surface area contributed by atoms with Gasteiger partial charge in [0.05, 0.1) is 12.0 Å². The second kappa shape index (κ2) is 6.22. The highest BCUT2D eigenvalue weighted by molar-refractivity contribution is 5.91. The number of aliphatic hydroxyl groups is 1. The van der Waals surface area contributed by atoms with Gasteiger partial charge in [-0.3, -0.25) is 4.79 Å². The Kier molecular flexibility index (Phi) is 4.57. The maximum Gasteiger partial charge on any atom is 0.328 e. The summed E-state index contributed by atoms with van der Waals surface area (Å²) in [7, 11) is 0. The first-order valence-electron chi connectivity index (χ1n) is 6.90. The van der Waals surface area contributed by atoms with Crippen molar-refractivity contribution in [2.24, 2.45) is 0 Å². The lowest BCUT2D eigenvalue weighted by Crippen LogP contribution is -2.51. The van der Waals surface area contributed by atoms with Crippen LogP contribution < -0.4 is 5.32 Å². The fourth-order valence-electron chi connectivity index (χ4n) is 2.88. The molecule has 0 aromatic heterocycles. The number of carboxylic acids is 1. The molecule has 1 aromatic carbocycles. The van der Waals surface area contributed by atoms with Crippen molar-refractivity contribution in [2.75, 3.05) is 6.61 Å². The Hall–Kier alpha value is -1.95. The van der Waals surface area contributed by atoms with E-state index in [4.69, 9.17) is 10.2 Å². The van der Waals surface area contributed by atoms with Gasteiger partial charge in [-0.2, -0.15) is 0 Å². The van der Waals surface area contributed by atoms with Crippen LogP contribution in [0.1, 0.15) is 31.2 Å². The van der Waals surface area contributed by atoms with Crippen LogP contribution in [-0.2, 0) is 15.0 Å². The summed E-state index contributed by atoms with van der Waals surface area (Å²) in [6.45, 7) is -0.666. The van der Waals surface area contributed by atoms with E-state index in [2.05, 4.69) is 5.32 Å². The fraction of sp³-hybridized carbons (Fsp3) is 0.467. The Bertz CT molecular complexity index is 523. The summed E-state index contributed by atoms with van der Waals surface area (Å²) >= 11 is 0. The lowest BCUT2D eigenvalue weighted by molar-refractivity contribution is -0.144.